The molecule has 1 N–H and O–H groups in total. The van der Waals surface area contributed by atoms with Crippen molar-refractivity contribution in [2.45, 2.75) is 6.54 Å². The lowest BCUT2D eigenvalue weighted by Crippen LogP contribution is -2.46. The Morgan fingerprint density at radius 3 is 2.53 bits per heavy atom. The normalized spacial score (nSPS) is 14.0. The van der Waals surface area contributed by atoms with Crippen molar-refractivity contribution >= 4 is 28.2 Å². The summed E-state index contributed by atoms with van der Waals surface area (Å²) < 4.78 is 18.5. The lowest BCUT2D eigenvalue weighted by atomic mass is 10.1. The summed E-state index contributed by atoms with van der Waals surface area (Å²) in [6, 6.07) is 17.9. The number of halogens is 1. The molecule has 1 saturated heterocycles. The van der Waals surface area contributed by atoms with E-state index in [9.17, 15) is 9.18 Å². The standard InChI is InChI=1S/C25H23FN4O2/c26-20-5-7-21(8-6-20)29-11-13-30(14-12-29)24-23-16-19(4-3-18(23)9-10-27-24)25(31)28-17-22-2-1-15-32-22/h1-10,15-16H,11-14,17H2,(H,28,31). The second-order valence-electron chi connectivity index (χ2n) is 7.78. The van der Waals surface area contributed by atoms with E-state index >= 15 is 0 Å². The van der Waals surface area contributed by atoms with Gasteiger partial charge in [-0.3, -0.25) is 4.79 Å². The predicted octanol–water partition coefficient (Wildman–Crippen LogP) is 4.22. The molecule has 3 heterocycles. The molecule has 7 heteroatoms. The molecule has 2 aromatic heterocycles. The number of benzene rings is 2. The number of furan rings is 1. The topological polar surface area (TPSA) is 61.6 Å². The van der Waals surface area contributed by atoms with E-state index in [0.717, 1.165) is 48.5 Å². The fraction of sp³-hybridized carbons (Fsp3) is 0.200. The molecule has 32 heavy (non-hydrogen) atoms. The van der Waals surface area contributed by atoms with E-state index in [-0.39, 0.29) is 11.7 Å². The molecule has 2 aromatic carbocycles. The molecule has 0 radical (unpaired) electrons. The van der Waals surface area contributed by atoms with E-state index in [1.807, 2.05) is 42.5 Å². The number of hydrogen-bond donors (Lipinski definition) is 1. The third-order valence-electron chi connectivity index (χ3n) is 5.78. The second kappa shape index (κ2) is 8.70. The molecule has 1 fully saturated rings. The van der Waals surface area contributed by atoms with Crippen molar-refractivity contribution in [3.05, 3.63) is 90.3 Å². The van der Waals surface area contributed by atoms with Gasteiger partial charge in [0.1, 0.15) is 17.4 Å². The van der Waals surface area contributed by atoms with Gasteiger partial charge in [-0.25, -0.2) is 9.37 Å². The minimum atomic E-state index is -0.226. The smallest absolute Gasteiger partial charge is 0.251 e. The van der Waals surface area contributed by atoms with Gasteiger partial charge < -0.3 is 19.5 Å². The van der Waals surface area contributed by atoms with Crippen molar-refractivity contribution in [2.24, 2.45) is 0 Å². The molecule has 162 valence electrons. The number of nitrogens with one attached hydrogen (secondary N) is 1. The SMILES string of the molecule is O=C(NCc1ccco1)c1ccc2ccnc(N3CCN(c4ccc(F)cc4)CC3)c2c1. The van der Waals surface area contributed by atoms with Crippen LogP contribution in [0.2, 0.25) is 0 Å². The Labute approximate surface area is 185 Å². The van der Waals surface area contributed by atoms with Gasteiger partial charge in [-0.2, -0.15) is 0 Å². The van der Waals surface area contributed by atoms with Gasteiger partial charge >= 0.3 is 0 Å². The number of amides is 1. The molecule has 0 atom stereocenters. The number of piperazine rings is 1. The van der Waals surface area contributed by atoms with Crippen LogP contribution in [0.3, 0.4) is 0 Å². The Bertz CT molecular complexity index is 1220. The highest BCUT2D eigenvalue weighted by atomic mass is 19.1. The van der Waals surface area contributed by atoms with E-state index in [1.54, 1.807) is 18.5 Å². The quantitative estimate of drug-likeness (QED) is 0.514. The van der Waals surface area contributed by atoms with Gasteiger partial charge in [0.05, 0.1) is 12.8 Å². The van der Waals surface area contributed by atoms with Crippen LogP contribution < -0.4 is 15.1 Å². The van der Waals surface area contributed by atoms with Gasteiger partial charge in [0.15, 0.2) is 0 Å². The first kappa shape index (κ1) is 20.1. The Balaban J connectivity index is 1.33. The molecule has 1 amide bonds. The highest BCUT2D eigenvalue weighted by Gasteiger charge is 2.20. The van der Waals surface area contributed by atoms with Gasteiger partial charge in [0, 0.05) is 49.0 Å². The Morgan fingerprint density at radius 1 is 1.00 bits per heavy atom. The van der Waals surface area contributed by atoms with Crippen molar-refractivity contribution in [1.29, 1.82) is 0 Å². The van der Waals surface area contributed by atoms with Gasteiger partial charge in [-0.15, -0.1) is 0 Å². The highest BCUT2D eigenvalue weighted by Crippen LogP contribution is 2.27. The van der Waals surface area contributed by atoms with E-state index < -0.39 is 0 Å². The number of nitrogens with zero attached hydrogens (tertiary/aromatic N) is 3. The molecule has 0 bridgehead atoms. The first-order valence-electron chi connectivity index (χ1n) is 10.6. The van der Waals surface area contributed by atoms with Crippen LogP contribution in [-0.2, 0) is 6.54 Å². The average molecular weight is 430 g/mol. The summed E-state index contributed by atoms with van der Waals surface area (Å²) >= 11 is 0. The Hall–Kier alpha value is -3.87. The predicted molar refractivity (Wildman–Crippen MR) is 122 cm³/mol. The number of anilines is 2. The molecule has 0 spiro atoms. The first-order chi connectivity index (χ1) is 15.7. The largest absolute Gasteiger partial charge is 0.467 e. The maximum Gasteiger partial charge on any atom is 0.251 e. The number of fused-ring (bicyclic) bond motifs is 1. The molecule has 1 aliphatic heterocycles. The van der Waals surface area contributed by atoms with Gasteiger partial charge in [-0.05, 0) is 60.0 Å². The van der Waals surface area contributed by atoms with Gasteiger partial charge in [0.25, 0.3) is 5.91 Å². The van der Waals surface area contributed by atoms with E-state index in [0.29, 0.717) is 17.9 Å². The monoisotopic (exact) mass is 430 g/mol. The van der Waals surface area contributed by atoms with Gasteiger partial charge in [0.2, 0.25) is 0 Å². The van der Waals surface area contributed by atoms with Crippen molar-refractivity contribution < 1.29 is 13.6 Å². The summed E-state index contributed by atoms with van der Waals surface area (Å²) in [7, 11) is 0. The Morgan fingerprint density at radius 2 is 1.78 bits per heavy atom. The van der Waals surface area contributed by atoms with Crippen LogP contribution in [0.5, 0.6) is 0 Å². The molecule has 1 aliphatic rings. The van der Waals surface area contributed by atoms with Crippen LogP contribution in [0.1, 0.15) is 16.1 Å². The fourth-order valence-corrected chi connectivity index (χ4v) is 4.06. The molecule has 6 nitrogen and oxygen atoms in total. The van der Waals surface area contributed by atoms with E-state index in [4.69, 9.17) is 4.42 Å². The molecule has 5 rings (SSSR count). The first-order valence-corrected chi connectivity index (χ1v) is 10.6. The lowest BCUT2D eigenvalue weighted by molar-refractivity contribution is 0.0948. The summed E-state index contributed by atoms with van der Waals surface area (Å²) in [6.45, 7) is 3.55. The van der Waals surface area contributed by atoms with Crippen molar-refractivity contribution in [2.75, 3.05) is 36.0 Å². The summed E-state index contributed by atoms with van der Waals surface area (Å²) in [5.41, 5.74) is 1.61. The Kier molecular flexibility index (Phi) is 5.46. The number of aromatic nitrogens is 1. The zero-order valence-corrected chi connectivity index (χ0v) is 17.5. The molecular formula is C25H23FN4O2. The van der Waals surface area contributed by atoms with Crippen LogP contribution in [0, 0.1) is 5.82 Å². The number of carbonyl (C=O) groups is 1. The second-order valence-corrected chi connectivity index (χ2v) is 7.78. The average Bonchev–Trinajstić information content (AvgIpc) is 3.36. The maximum atomic E-state index is 13.2. The summed E-state index contributed by atoms with van der Waals surface area (Å²) in [5.74, 6) is 1.21. The van der Waals surface area contributed by atoms with Crippen LogP contribution in [0.15, 0.2) is 77.5 Å². The molecule has 4 aromatic rings. The minimum Gasteiger partial charge on any atom is -0.467 e. The summed E-state index contributed by atoms with van der Waals surface area (Å²) in [5, 5.41) is 4.89. The molecule has 0 aliphatic carbocycles. The van der Waals surface area contributed by atoms with Crippen molar-refractivity contribution in [1.82, 2.24) is 10.3 Å². The third kappa shape index (κ3) is 4.14. The van der Waals surface area contributed by atoms with Crippen molar-refractivity contribution in [3.8, 4) is 0 Å². The van der Waals surface area contributed by atoms with E-state index in [1.165, 1.54) is 12.1 Å². The molecule has 0 unspecified atom stereocenters. The zero-order chi connectivity index (χ0) is 21.9. The molecule has 0 saturated carbocycles. The highest BCUT2D eigenvalue weighted by molar-refractivity contribution is 6.01. The van der Waals surface area contributed by atoms with Crippen LogP contribution in [0.25, 0.3) is 10.8 Å². The third-order valence-corrected chi connectivity index (χ3v) is 5.78. The summed E-state index contributed by atoms with van der Waals surface area (Å²) in [4.78, 5) is 21.8. The van der Waals surface area contributed by atoms with E-state index in [2.05, 4.69) is 20.1 Å². The lowest BCUT2D eigenvalue weighted by Gasteiger charge is -2.37. The number of carbonyl (C=O) groups excluding carboxylic acids is 1. The summed E-state index contributed by atoms with van der Waals surface area (Å²) in [6.07, 6.45) is 3.39. The number of rotatable bonds is 5. The maximum absolute atomic E-state index is 13.2. The molecular weight excluding hydrogens is 407 g/mol. The fourth-order valence-electron chi connectivity index (χ4n) is 4.06. The van der Waals surface area contributed by atoms with Crippen LogP contribution >= 0.6 is 0 Å². The van der Waals surface area contributed by atoms with Crippen LogP contribution in [-0.4, -0.2) is 37.1 Å². The van der Waals surface area contributed by atoms with Crippen molar-refractivity contribution in [3.63, 3.8) is 0 Å². The van der Waals surface area contributed by atoms with Gasteiger partial charge in [-0.1, -0.05) is 6.07 Å². The zero-order valence-electron chi connectivity index (χ0n) is 17.5. The minimum absolute atomic E-state index is 0.153. The number of pyridine rings is 1. The number of hydrogen-bond acceptors (Lipinski definition) is 5. The van der Waals surface area contributed by atoms with Crippen LogP contribution in [0.4, 0.5) is 15.9 Å².